The monoisotopic (exact) mass is 463 g/mol. The van der Waals surface area contributed by atoms with Gasteiger partial charge in [0.2, 0.25) is 10.0 Å². The van der Waals surface area contributed by atoms with Crippen molar-refractivity contribution in [1.29, 1.82) is 0 Å². The maximum atomic E-state index is 13.0. The van der Waals surface area contributed by atoms with E-state index in [9.17, 15) is 8.42 Å². The van der Waals surface area contributed by atoms with Crippen molar-refractivity contribution in [2.75, 3.05) is 13.7 Å². The molecule has 172 valence electrons. The molecule has 33 heavy (non-hydrogen) atoms. The molecule has 0 saturated carbocycles. The molecule has 7 heteroatoms. The molecule has 0 aliphatic rings. The molecule has 0 N–H and O–H groups in total. The highest BCUT2D eigenvalue weighted by Crippen LogP contribution is 2.21. The van der Waals surface area contributed by atoms with E-state index >= 15 is 0 Å². The smallest absolute Gasteiger partial charge is 0.243 e. The van der Waals surface area contributed by atoms with Crippen molar-refractivity contribution in [1.82, 2.24) is 13.9 Å². The predicted molar refractivity (Wildman–Crippen MR) is 131 cm³/mol. The van der Waals surface area contributed by atoms with E-state index in [-0.39, 0.29) is 11.4 Å². The van der Waals surface area contributed by atoms with E-state index in [4.69, 9.17) is 9.72 Å². The summed E-state index contributed by atoms with van der Waals surface area (Å²) in [5, 5.41) is 0. The second-order valence-corrected chi connectivity index (χ2v) is 9.99. The van der Waals surface area contributed by atoms with Crippen LogP contribution in [0.1, 0.15) is 24.7 Å². The van der Waals surface area contributed by atoms with E-state index in [0.29, 0.717) is 19.0 Å². The molecule has 0 aliphatic carbocycles. The van der Waals surface area contributed by atoms with Crippen LogP contribution < -0.4 is 4.74 Å². The van der Waals surface area contributed by atoms with Crippen molar-refractivity contribution < 1.29 is 13.2 Å². The fourth-order valence-corrected chi connectivity index (χ4v) is 4.93. The number of nitrogens with zero attached hydrogens (tertiary/aromatic N) is 3. The average Bonchev–Trinajstić information content (AvgIpc) is 3.19. The van der Waals surface area contributed by atoms with Crippen molar-refractivity contribution in [3.63, 3.8) is 0 Å². The van der Waals surface area contributed by atoms with Crippen LogP contribution in [0.25, 0.3) is 11.0 Å². The number of benzene rings is 3. The minimum absolute atomic E-state index is 0.186. The summed E-state index contributed by atoms with van der Waals surface area (Å²) in [4.78, 5) is 5.01. The van der Waals surface area contributed by atoms with Gasteiger partial charge in [0, 0.05) is 13.6 Å². The zero-order chi connectivity index (χ0) is 23.3. The number of rotatable bonds is 10. The number of aryl methyl sites for hydroxylation is 2. The Hall–Kier alpha value is -3.16. The summed E-state index contributed by atoms with van der Waals surface area (Å²) >= 11 is 0. The maximum absolute atomic E-state index is 13.0. The molecular weight excluding hydrogens is 434 g/mol. The molecule has 4 rings (SSSR count). The predicted octanol–water partition coefficient (Wildman–Crippen LogP) is 4.89. The third-order valence-corrected chi connectivity index (χ3v) is 7.49. The lowest BCUT2D eigenvalue weighted by Crippen LogP contribution is -2.28. The van der Waals surface area contributed by atoms with Crippen LogP contribution in [-0.2, 0) is 29.5 Å². The van der Waals surface area contributed by atoms with Gasteiger partial charge in [-0.2, -0.15) is 4.31 Å². The van der Waals surface area contributed by atoms with Gasteiger partial charge in [0.05, 0.1) is 29.1 Å². The second kappa shape index (κ2) is 10.2. The summed E-state index contributed by atoms with van der Waals surface area (Å²) in [5.74, 6) is 1.57. The van der Waals surface area contributed by atoms with Crippen LogP contribution in [0.4, 0.5) is 0 Å². The highest BCUT2D eigenvalue weighted by atomic mass is 32.2. The first-order valence-corrected chi connectivity index (χ1v) is 12.6. The van der Waals surface area contributed by atoms with Crippen LogP contribution in [0.3, 0.4) is 0 Å². The molecule has 0 radical (unpaired) electrons. The molecule has 0 spiro atoms. The standard InChI is InChI=1S/C26H29N3O3S/c1-3-21-14-16-22(17-15-21)32-19-9-18-29-25-13-8-7-12-24(25)27-26(29)20-28(2)33(30,31)23-10-5-4-6-11-23/h4-8,10-17H,3,9,18-20H2,1-2H3. The molecule has 0 aliphatic heterocycles. The van der Waals surface area contributed by atoms with Crippen molar-refractivity contribution in [2.24, 2.45) is 0 Å². The van der Waals surface area contributed by atoms with Crippen LogP contribution in [0.5, 0.6) is 5.75 Å². The Morgan fingerprint density at radius 1 is 0.939 bits per heavy atom. The van der Waals surface area contributed by atoms with Gasteiger partial charge in [-0.3, -0.25) is 0 Å². The molecule has 3 aromatic carbocycles. The lowest BCUT2D eigenvalue weighted by atomic mass is 10.2. The summed E-state index contributed by atoms with van der Waals surface area (Å²) in [6.07, 6.45) is 1.78. The van der Waals surface area contributed by atoms with E-state index < -0.39 is 10.0 Å². The Kier molecular flexibility index (Phi) is 7.11. The molecule has 1 aromatic heterocycles. The van der Waals surface area contributed by atoms with Crippen molar-refractivity contribution in [2.45, 2.75) is 37.8 Å². The fraction of sp³-hybridized carbons (Fsp3) is 0.269. The van der Waals surface area contributed by atoms with Crippen LogP contribution in [-0.4, -0.2) is 35.9 Å². The van der Waals surface area contributed by atoms with Crippen LogP contribution in [0, 0.1) is 0 Å². The Balaban J connectivity index is 1.48. The highest BCUT2D eigenvalue weighted by molar-refractivity contribution is 7.89. The number of sulfonamides is 1. The lowest BCUT2D eigenvalue weighted by Gasteiger charge is -2.18. The van der Waals surface area contributed by atoms with Gasteiger partial charge in [-0.25, -0.2) is 13.4 Å². The Bertz CT molecular complexity index is 1300. The van der Waals surface area contributed by atoms with Gasteiger partial charge in [-0.15, -0.1) is 0 Å². The molecule has 0 unspecified atom stereocenters. The topological polar surface area (TPSA) is 64.4 Å². The molecule has 0 bridgehead atoms. The van der Waals surface area contributed by atoms with Gasteiger partial charge in [0.1, 0.15) is 11.6 Å². The van der Waals surface area contributed by atoms with Crippen LogP contribution in [0.15, 0.2) is 83.8 Å². The molecular formula is C26H29N3O3S. The Labute approximate surface area is 195 Å². The third-order valence-electron chi connectivity index (χ3n) is 5.68. The average molecular weight is 464 g/mol. The zero-order valence-corrected chi connectivity index (χ0v) is 19.8. The molecule has 0 amide bonds. The first-order valence-electron chi connectivity index (χ1n) is 11.2. The number of hydrogen-bond donors (Lipinski definition) is 0. The van der Waals surface area contributed by atoms with Crippen molar-refractivity contribution in [3.8, 4) is 5.75 Å². The van der Waals surface area contributed by atoms with Gasteiger partial charge in [-0.1, -0.05) is 49.4 Å². The van der Waals surface area contributed by atoms with Gasteiger partial charge in [-0.05, 0) is 54.8 Å². The number of fused-ring (bicyclic) bond motifs is 1. The van der Waals surface area contributed by atoms with Crippen molar-refractivity contribution in [3.05, 3.63) is 90.3 Å². The Morgan fingerprint density at radius 3 is 2.36 bits per heavy atom. The molecule has 0 atom stereocenters. The van der Waals surface area contributed by atoms with E-state index in [0.717, 1.165) is 29.6 Å². The minimum atomic E-state index is -3.60. The van der Waals surface area contributed by atoms with E-state index in [1.165, 1.54) is 9.87 Å². The first kappa shape index (κ1) is 23.0. The van der Waals surface area contributed by atoms with Gasteiger partial charge < -0.3 is 9.30 Å². The lowest BCUT2D eigenvalue weighted by molar-refractivity contribution is 0.301. The number of ether oxygens (including phenoxy) is 1. The zero-order valence-electron chi connectivity index (χ0n) is 19.0. The van der Waals surface area contributed by atoms with E-state index in [2.05, 4.69) is 23.6 Å². The summed E-state index contributed by atoms with van der Waals surface area (Å²) in [7, 11) is -2.01. The summed E-state index contributed by atoms with van der Waals surface area (Å²) in [5.41, 5.74) is 3.13. The largest absolute Gasteiger partial charge is 0.494 e. The van der Waals surface area contributed by atoms with E-state index in [1.807, 2.05) is 36.4 Å². The third kappa shape index (κ3) is 5.26. The maximum Gasteiger partial charge on any atom is 0.243 e. The first-order chi connectivity index (χ1) is 16.0. The van der Waals surface area contributed by atoms with Crippen LogP contribution in [0.2, 0.25) is 0 Å². The molecule has 6 nitrogen and oxygen atoms in total. The summed E-state index contributed by atoms with van der Waals surface area (Å²) in [6.45, 7) is 3.56. The number of hydrogen-bond acceptors (Lipinski definition) is 4. The van der Waals surface area contributed by atoms with Gasteiger partial charge in [0.15, 0.2) is 0 Å². The number of aromatic nitrogens is 2. The number of para-hydroxylation sites is 2. The Morgan fingerprint density at radius 2 is 1.64 bits per heavy atom. The highest BCUT2D eigenvalue weighted by Gasteiger charge is 2.23. The summed E-state index contributed by atoms with van der Waals surface area (Å²) < 4.78 is 35.3. The fourth-order valence-electron chi connectivity index (χ4n) is 3.79. The second-order valence-electron chi connectivity index (χ2n) is 7.94. The number of imidazole rings is 1. The normalized spacial score (nSPS) is 11.8. The molecule has 1 heterocycles. The van der Waals surface area contributed by atoms with E-state index in [1.54, 1.807) is 37.4 Å². The SMILES string of the molecule is CCc1ccc(OCCCn2c(CN(C)S(=O)(=O)c3ccccc3)nc3ccccc32)cc1. The van der Waals surface area contributed by atoms with Crippen LogP contribution >= 0.6 is 0 Å². The van der Waals surface area contributed by atoms with Crippen molar-refractivity contribution >= 4 is 21.1 Å². The molecule has 4 aromatic rings. The molecule has 0 saturated heterocycles. The molecule has 0 fully saturated rings. The summed E-state index contributed by atoms with van der Waals surface area (Å²) in [6, 6.07) is 24.5. The minimum Gasteiger partial charge on any atom is -0.494 e. The quantitative estimate of drug-likeness (QED) is 0.314. The van der Waals surface area contributed by atoms with Gasteiger partial charge >= 0.3 is 0 Å². The van der Waals surface area contributed by atoms with Gasteiger partial charge in [0.25, 0.3) is 0 Å².